The maximum Gasteiger partial charge on any atom is 0.268 e. The highest BCUT2D eigenvalue weighted by atomic mass is 32.1. The van der Waals surface area contributed by atoms with Gasteiger partial charge in [-0.1, -0.05) is 6.07 Å². The number of thiophene rings is 1. The van der Waals surface area contributed by atoms with Crippen molar-refractivity contribution in [2.24, 2.45) is 0 Å². The quantitative estimate of drug-likeness (QED) is 0.470. The molecule has 0 amide bonds. The zero-order chi connectivity index (χ0) is 20.7. The number of methoxy groups -OCH3 is 2. The Morgan fingerprint density at radius 3 is 2.67 bits per heavy atom. The molecule has 30 heavy (non-hydrogen) atoms. The van der Waals surface area contributed by atoms with Crippen LogP contribution in [0.3, 0.4) is 0 Å². The molecule has 4 heterocycles. The number of nitrogens with zero attached hydrogens (tertiary/aromatic N) is 3. The SMILES string of the molecule is COc1ccc(-c2cc(-c3cccnc3)nc3sc4c(=O)[nH]cnc4c23)cc1OC. The molecule has 0 bridgehead atoms. The van der Waals surface area contributed by atoms with Crippen molar-refractivity contribution in [1.29, 1.82) is 0 Å². The molecule has 0 atom stereocenters. The molecule has 148 valence electrons. The predicted molar refractivity (Wildman–Crippen MR) is 117 cm³/mol. The summed E-state index contributed by atoms with van der Waals surface area (Å²) in [7, 11) is 3.21. The summed E-state index contributed by atoms with van der Waals surface area (Å²) in [6.07, 6.45) is 4.91. The fourth-order valence-electron chi connectivity index (χ4n) is 3.47. The highest BCUT2D eigenvalue weighted by Crippen LogP contribution is 2.41. The van der Waals surface area contributed by atoms with Gasteiger partial charge < -0.3 is 14.5 Å². The fraction of sp³-hybridized carbons (Fsp3) is 0.0909. The van der Waals surface area contributed by atoms with E-state index < -0.39 is 0 Å². The maximum atomic E-state index is 12.4. The van der Waals surface area contributed by atoms with E-state index in [1.807, 2.05) is 36.4 Å². The van der Waals surface area contributed by atoms with Gasteiger partial charge in [0.15, 0.2) is 11.5 Å². The molecular formula is C22H16N4O3S. The number of fused-ring (bicyclic) bond motifs is 3. The summed E-state index contributed by atoms with van der Waals surface area (Å²) in [4.78, 5) is 29.2. The second-order valence-electron chi connectivity index (χ2n) is 6.56. The highest BCUT2D eigenvalue weighted by Gasteiger charge is 2.18. The maximum absolute atomic E-state index is 12.4. The van der Waals surface area contributed by atoms with E-state index in [0.717, 1.165) is 32.6 Å². The van der Waals surface area contributed by atoms with Gasteiger partial charge in [0, 0.05) is 23.3 Å². The molecule has 4 aromatic heterocycles. The van der Waals surface area contributed by atoms with Crippen molar-refractivity contribution in [1.82, 2.24) is 19.9 Å². The third-order valence-electron chi connectivity index (χ3n) is 4.88. The average molecular weight is 416 g/mol. The molecule has 8 heteroatoms. The monoisotopic (exact) mass is 416 g/mol. The lowest BCUT2D eigenvalue weighted by atomic mass is 10.00. The number of hydrogen-bond acceptors (Lipinski definition) is 7. The number of hydrogen-bond donors (Lipinski definition) is 1. The molecule has 0 spiro atoms. The lowest BCUT2D eigenvalue weighted by Gasteiger charge is -2.12. The van der Waals surface area contributed by atoms with E-state index >= 15 is 0 Å². The lowest BCUT2D eigenvalue weighted by molar-refractivity contribution is 0.355. The first-order valence-corrected chi connectivity index (χ1v) is 9.95. The Labute approximate surface area is 175 Å². The summed E-state index contributed by atoms with van der Waals surface area (Å²) in [5, 5.41) is 0.834. The minimum Gasteiger partial charge on any atom is -0.493 e. The molecule has 7 nitrogen and oxygen atoms in total. The Hall–Kier alpha value is -3.78. The van der Waals surface area contributed by atoms with E-state index in [-0.39, 0.29) is 5.56 Å². The first kappa shape index (κ1) is 18.3. The van der Waals surface area contributed by atoms with Crippen molar-refractivity contribution in [2.45, 2.75) is 0 Å². The second kappa shape index (κ2) is 7.23. The Morgan fingerprint density at radius 2 is 1.90 bits per heavy atom. The lowest BCUT2D eigenvalue weighted by Crippen LogP contribution is -2.03. The van der Waals surface area contributed by atoms with Crippen LogP contribution in [-0.4, -0.2) is 34.2 Å². The van der Waals surface area contributed by atoms with E-state index in [2.05, 4.69) is 15.0 Å². The molecule has 0 radical (unpaired) electrons. The van der Waals surface area contributed by atoms with Crippen molar-refractivity contribution >= 4 is 31.8 Å². The number of pyridine rings is 2. The minimum absolute atomic E-state index is 0.177. The molecule has 0 unspecified atom stereocenters. The van der Waals surface area contributed by atoms with Crippen LogP contribution in [0.25, 0.3) is 42.8 Å². The number of rotatable bonds is 4. The minimum atomic E-state index is -0.177. The zero-order valence-electron chi connectivity index (χ0n) is 16.2. The van der Waals surface area contributed by atoms with Crippen LogP contribution in [0.4, 0.5) is 0 Å². The fourth-order valence-corrected chi connectivity index (χ4v) is 4.52. The van der Waals surface area contributed by atoms with Crippen molar-refractivity contribution < 1.29 is 9.47 Å². The Morgan fingerprint density at radius 1 is 1.03 bits per heavy atom. The standard InChI is InChI=1S/C22H16N4O3S/c1-28-16-6-5-12(8-17(16)29-2)14-9-15(13-4-3-7-23-10-13)26-22-18(14)19-20(30-22)21(27)25-11-24-19/h3-11H,1-2H3,(H,24,25,27). The molecule has 0 aliphatic rings. The van der Waals surface area contributed by atoms with Gasteiger partial charge in [-0.15, -0.1) is 11.3 Å². The number of H-pyrrole nitrogens is 1. The normalized spacial score (nSPS) is 11.1. The molecule has 0 fully saturated rings. The summed E-state index contributed by atoms with van der Waals surface area (Å²) in [6, 6.07) is 11.6. The third kappa shape index (κ3) is 2.89. The molecular weight excluding hydrogens is 400 g/mol. The molecule has 0 saturated carbocycles. The van der Waals surface area contributed by atoms with Gasteiger partial charge in [0.05, 0.1) is 31.8 Å². The van der Waals surface area contributed by atoms with Crippen LogP contribution >= 0.6 is 11.3 Å². The average Bonchev–Trinajstić information content (AvgIpc) is 3.18. The van der Waals surface area contributed by atoms with Crippen LogP contribution in [0.15, 0.2) is 59.9 Å². The van der Waals surface area contributed by atoms with Gasteiger partial charge in [-0.3, -0.25) is 9.78 Å². The Bertz CT molecular complexity index is 1440. The molecule has 5 aromatic rings. The predicted octanol–water partition coefficient (Wildman–Crippen LogP) is 4.28. The summed E-state index contributed by atoms with van der Waals surface area (Å²) in [6.45, 7) is 0. The van der Waals surface area contributed by atoms with Gasteiger partial charge in [0.2, 0.25) is 0 Å². The van der Waals surface area contributed by atoms with Crippen molar-refractivity contribution in [3.63, 3.8) is 0 Å². The van der Waals surface area contributed by atoms with E-state index in [1.54, 1.807) is 26.6 Å². The summed E-state index contributed by atoms with van der Waals surface area (Å²) >= 11 is 1.33. The molecule has 0 aliphatic carbocycles. The summed E-state index contributed by atoms with van der Waals surface area (Å²) in [5.41, 5.74) is 3.93. The van der Waals surface area contributed by atoms with Crippen molar-refractivity contribution in [2.75, 3.05) is 14.2 Å². The first-order valence-electron chi connectivity index (χ1n) is 9.13. The second-order valence-corrected chi connectivity index (χ2v) is 7.56. The van der Waals surface area contributed by atoms with Crippen LogP contribution in [-0.2, 0) is 0 Å². The van der Waals surface area contributed by atoms with Gasteiger partial charge in [0.1, 0.15) is 9.53 Å². The van der Waals surface area contributed by atoms with Gasteiger partial charge in [-0.2, -0.15) is 0 Å². The van der Waals surface area contributed by atoms with Crippen LogP contribution in [0, 0.1) is 0 Å². The van der Waals surface area contributed by atoms with Crippen LogP contribution < -0.4 is 15.0 Å². The summed E-state index contributed by atoms with van der Waals surface area (Å²) in [5.74, 6) is 1.26. The third-order valence-corrected chi connectivity index (χ3v) is 5.96. The number of benzene rings is 1. The van der Waals surface area contributed by atoms with Gasteiger partial charge in [0.25, 0.3) is 5.56 Å². The topological polar surface area (TPSA) is 90.0 Å². The Kier molecular flexibility index (Phi) is 4.40. The summed E-state index contributed by atoms with van der Waals surface area (Å²) < 4.78 is 11.4. The van der Waals surface area contributed by atoms with E-state index in [9.17, 15) is 4.79 Å². The smallest absolute Gasteiger partial charge is 0.268 e. The van der Waals surface area contributed by atoms with E-state index in [1.165, 1.54) is 17.7 Å². The van der Waals surface area contributed by atoms with E-state index in [0.29, 0.717) is 21.7 Å². The van der Waals surface area contributed by atoms with Gasteiger partial charge in [-0.25, -0.2) is 9.97 Å². The van der Waals surface area contributed by atoms with Gasteiger partial charge >= 0.3 is 0 Å². The molecule has 1 aromatic carbocycles. The van der Waals surface area contributed by atoms with E-state index in [4.69, 9.17) is 14.5 Å². The number of aromatic amines is 1. The number of ether oxygens (including phenoxy) is 2. The van der Waals surface area contributed by atoms with Crippen LogP contribution in [0.5, 0.6) is 11.5 Å². The number of nitrogens with one attached hydrogen (secondary N) is 1. The molecule has 0 aliphatic heterocycles. The first-order chi connectivity index (χ1) is 14.7. The largest absolute Gasteiger partial charge is 0.493 e. The Balaban J connectivity index is 1.88. The molecule has 1 N–H and O–H groups in total. The van der Waals surface area contributed by atoms with Crippen molar-refractivity contribution in [3.05, 3.63) is 65.5 Å². The zero-order valence-corrected chi connectivity index (χ0v) is 17.0. The molecule has 0 saturated heterocycles. The number of aromatic nitrogens is 4. The highest BCUT2D eigenvalue weighted by molar-refractivity contribution is 7.25. The van der Waals surface area contributed by atoms with Crippen molar-refractivity contribution in [3.8, 4) is 33.9 Å². The van der Waals surface area contributed by atoms with Crippen LogP contribution in [0.1, 0.15) is 0 Å². The van der Waals surface area contributed by atoms with Gasteiger partial charge in [-0.05, 0) is 41.5 Å². The molecule has 5 rings (SSSR count). The van der Waals surface area contributed by atoms with Crippen LogP contribution in [0.2, 0.25) is 0 Å².